The third-order valence-electron chi connectivity index (χ3n) is 1.93. The van der Waals surface area contributed by atoms with Gasteiger partial charge in [-0.15, -0.1) is 0 Å². The number of rotatable bonds is 4. The lowest BCUT2D eigenvalue weighted by Crippen LogP contribution is -3.00. The van der Waals surface area contributed by atoms with Crippen LogP contribution < -0.4 is 24.8 Å². The van der Waals surface area contributed by atoms with Gasteiger partial charge in [0.2, 0.25) is 0 Å². The van der Waals surface area contributed by atoms with E-state index in [4.69, 9.17) is 0 Å². The summed E-state index contributed by atoms with van der Waals surface area (Å²) in [6.07, 6.45) is 9.18. The summed E-state index contributed by atoms with van der Waals surface area (Å²) in [5.74, 6) is 2.45. The first-order valence-corrected chi connectivity index (χ1v) is 9.16. The molecule has 0 radical (unpaired) electrons. The van der Waals surface area contributed by atoms with Gasteiger partial charge in [0, 0.05) is 11.1 Å². The summed E-state index contributed by atoms with van der Waals surface area (Å²) in [6.45, 7) is 0. The van der Waals surface area contributed by atoms with Crippen molar-refractivity contribution in [1.29, 1.82) is 0 Å². The molecule has 4 heteroatoms. The van der Waals surface area contributed by atoms with Crippen LogP contribution in [-0.2, 0) is 33.3 Å². The third-order valence-corrected chi connectivity index (χ3v) is 3.76. The normalized spacial score (nSPS) is 9.88. The fourth-order valence-corrected chi connectivity index (χ4v) is 3.12. The molecule has 16 heavy (non-hydrogen) atoms. The highest BCUT2D eigenvalue weighted by Crippen LogP contribution is 2.10. The van der Waals surface area contributed by atoms with E-state index in [1.54, 1.807) is 0 Å². The monoisotopic (exact) mass is 298 g/mol. The largest absolute Gasteiger partial charge is 1.00 e. The Balaban J connectivity index is 0. The second-order valence-electron chi connectivity index (χ2n) is 4.08. The van der Waals surface area contributed by atoms with Gasteiger partial charge in [-0.05, 0) is 21.8 Å². The summed E-state index contributed by atoms with van der Waals surface area (Å²) in [6, 6.07) is 9.15. The van der Waals surface area contributed by atoms with Crippen LogP contribution in [-0.4, -0.2) is 25.0 Å². The average Bonchev–Trinajstić information content (AvgIpc) is 2.06. The lowest BCUT2D eigenvalue weighted by Gasteiger charge is -2.01. The SMILES string of the molecule is C[S+](C)Cc1ccc(C[S+](C)C)cc1.[Cl-].[Cl-]. The molecule has 0 unspecified atom stereocenters. The molecule has 1 aromatic carbocycles. The first-order chi connectivity index (χ1) is 6.58. The minimum absolute atomic E-state index is 0. The molecule has 1 aromatic rings. The molecule has 0 amide bonds. The molecule has 0 saturated heterocycles. The van der Waals surface area contributed by atoms with Crippen molar-refractivity contribution in [3.05, 3.63) is 35.4 Å². The molecule has 0 N–H and O–H groups in total. The molecular formula is C12H20Cl2S2. The summed E-state index contributed by atoms with van der Waals surface area (Å²) in [4.78, 5) is 0. The highest BCUT2D eigenvalue weighted by molar-refractivity contribution is 7.95. The highest BCUT2D eigenvalue weighted by atomic mass is 35.5. The summed E-state index contributed by atoms with van der Waals surface area (Å²) in [5, 5.41) is 0. The molecule has 0 aliphatic heterocycles. The molecule has 0 bridgehead atoms. The van der Waals surface area contributed by atoms with Crippen LogP contribution in [0, 0.1) is 0 Å². The second-order valence-corrected chi connectivity index (χ2v) is 8.60. The quantitative estimate of drug-likeness (QED) is 0.505. The van der Waals surface area contributed by atoms with E-state index in [-0.39, 0.29) is 24.8 Å². The Morgan fingerprint density at radius 3 is 1.12 bits per heavy atom. The van der Waals surface area contributed by atoms with Crippen LogP contribution in [0.2, 0.25) is 0 Å². The van der Waals surface area contributed by atoms with Crippen molar-refractivity contribution in [3.63, 3.8) is 0 Å². The fraction of sp³-hybridized carbons (Fsp3) is 0.500. The first-order valence-electron chi connectivity index (χ1n) is 4.74. The van der Waals surface area contributed by atoms with E-state index < -0.39 is 0 Å². The number of hydrogen-bond acceptors (Lipinski definition) is 0. The molecule has 0 fully saturated rings. The third kappa shape index (κ3) is 7.72. The van der Waals surface area contributed by atoms with Gasteiger partial charge in [0.1, 0.15) is 11.5 Å². The zero-order valence-corrected chi connectivity index (χ0v) is 13.4. The second kappa shape index (κ2) is 9.52. The molecule has 94 valence electrons. The van der Waals surface area contributed by atoms with Crippen LogP contribution in [0.1, 0.15) is 11.1 Å². The van der Waals surface area contributed by atoms with Crippen LogP contribution in [0.3, 0.4) is 0 Å². The van der Waals surface area contributed by atoms with Crippen LogP contribution in [0.15, 0.2) is 24.3 Å². The van der Waals surface area contributed by atoms with E-state index in [1.165, 1.54) is 22.6 Å². The van der Waals surface area contributed by atoms with Crippen molar-refractivity contribution in [1.82, 2.24) is 0 Å². The van der Waals surface area contributed by atoms with Gasteiger partial charge in [0.05, 0.1) is 25.0 Å². The molecule has 0 aromatic heterocycles. The maximum Gasteiger partial charge on any atom is 0.132 e. The predicted molar refractivity (Wildman–Crippen MR) is 72.3 cm³/mol. The van der Waals surface area contributed by atoms with Gasteiger partial charge in [-0.25, -0.2) is 0 Å². The van der Waals surface area contributed by atoms with Gasteiger partial charge in [-0.1, -0.05) is 24.3 Å². The lowest BCUT2D eigenvalue weighted by molar-refractivity contribution is -0.001000. The van der Waals surface area contributed by atoms with E-state index in [0.29, 0.717) is 21.8 Å². The maximum absolute atomic E-state index is 2.30. The van der Waals surface area contributed by atoms with Gasteiger partial charge in [-0.3, -0.25) is 0 Å². The highest BCUT2D eigenvalue weighted by Gasteiger charge is 2.07. The summed E-state index contributed by atoms with van der Waals surface area (Å²) >= 11 is 0. The Morgan fingerprint density at radius 2 is 0.938 bits per heavy atom. The van der Waals surface area contributed by atoms with Crippen molar-refractivity contribution >= 4 is 21.8 Å². The first kappa shape index (κ1) is 18.9. The average molecular weight is 299 g/mol. The minimum atomic E-state index is 0. The molecule has 0 spiro atoms. The van der Waals surface area contributed by atoms with E-state index >= 15 is 0 Å². The molecule has 0 nitrogen and oxygen atoms in total. The Hall–Kier alpha value is 0.500. The van der Waals surface area contributed by atoms with Crippen molar-refractivity contribution in [3.8, 4) is 0 Å². The number of benzene rings is 1. The van der Waals surface area contributed by atoms with Crippen LogP contribution in [0.4, 0.5) is 0 Å². The number of hydrogen-bond donors (Lipinski definition) is 0. The topological polar surface area (TPSA) is 0 Å². The number of halogens is 2. The van der Waals surface area contributed by atoms with Crippen LogP contribution in [0.5, 0.6) is 0 Å². The predicted octanol–water partition coefficient (Wildman–Crippen LogP) is -3.55. The minimum Gasteiger partial charge on any atom is -1.00 e. The van der Waals surface area contributed by atoms with Crippen molar-refractivity contribution < 1.29 is 24.8 Å². The van der Waals surface area contributed by atoms with Gasteiger partial charge in [-0.2, -0.15) is 0 Å². The van der Waals surface area contributed by atoms with Crippen LogP contribution in [0.25, 0.3) is 0 Å². The van der Waals surface area contributed by atoms with E-state index in [9.17, 15) is 0 Å². The van der Waals surface area contributed by atoms with E-state index in [1.807, 2.05) is 0 Å². The zero-order chi connectivity index (χ0) is 10.6. The smallest absolute Gasteiger partial charge is 0.132 e. The summed E-state index contributed by atoms with van der Waals surface area (Å²) < 4.78 is 0. The molecular weight excluding hydrogens is 279 g/mol. The van der Waals surface area contributed by atoms with Gasteiger partial charge >= 0.3 is 0 Å². The zero-order valence-electron chi connectivity index (χ0n) is 10.3. The van der Waals surface area contributed by atoms with Crippen molar-refractivity contribution in [2.24, 2.45) is 0 Å². The molecule has 0 heterocycles. The Labute approximate surface area is 118 Å². The van der Waals surface area contributed by atoms with Crippen molar-refractivity contribution in [2.45, 2.75) is 11.5 Å². The lowest BCUT2D eigenvalue weighted by atomic mass is 10.2. The molecule has 0 atom stereocenters. The van der Waals surface area contributed by atoms with Gasteiger partial charge in [0.25, 0.3) is 0 Å². The van der Waals surface area contributed by atoms with Gasteiger partial charge in [0.15, 0.2) is 0 Å². The Kier molecular flexibility index (Phi) is 11.2. The fourth-order valence-electron chi connectivity index (χ4n) is 1.40. The Bertz CT molecular complexity index is 242. The van der Waals surface area contributed by atoms with Crippen LogP contribution >= 0.6 is 0 Å². The standard InChI is InChI=1S/C12H20S2.2ClH/c1-13(2)9-11-5-7-12(8-6-11)10-14(3)4;;/h5-8H,9-10H2,1-4H3;2*1H/q+2;;/p-2. The molecule has 0 aliphatic rings. The summed E-state index contributed by atoms with van der Waals surface area (Å²) in [5.41, 5.74) is 2.96. The summed E-state index contributed by atoms with van der Waals surface area (Å²) in [7, 11) is 1.04. The molecule has 0 saturated carbocycles. The van der Waals surface area contributed by atoms with Crippen molar-refractivity contribution in [2.75, 3.05) is 25.0 Å². The molecule has 0 aliphatic carbocycles. The van der Waals surface area contributed by atoms with Gasteiger partial charge < -0.3 is 24.8 Å². The maximum atomic E-state index is 2.30. The van der Waals surface area contributed by atoms with E-state index in [2.05, 4.69) is 49.3 Å². The molecule has 1 rings (SSSR count). The Morgan fingerprint density at radius 1 is 0.688 bits per heavy atom. The van der Waals surface area contributed by atoms with E-state index in [0.717, 1.165) is 0 Å².